The molecule has 0 saturated carbocycles. The van der Waals surface area contributed by atoms with Crippen LogP contribution in [0.15, 0.2) is 18.2 Å². The zero-order valence-electron chi connectivity index (χ0n) is 9.86. The number of aliphatic hydroxyl groups excluding tert-OH is 1. The van der Waals surface area contributed by atoms with Crippen LogP contribution in [-0.2, 0) is 10.2 Å². The van der Waals surface area contributed by atoms with E-state index in [0.29, 0.717) is 6.07 Å². The Balaban J connectivity index is 3.36. The van der Waals surface area contributed by atoms with Gasteiger partial charge in [-0.3, -0.25) is 4.79 Å². The van der Waals surface area contributed by atoms with Crippen molar-refractivity contribution in [3.05, 3.63) is 35.4 Å². The maximum atomic E-state index is 13.2. The fourth-order valence-corrected chi connectivity index (χ4v) is 1.95. The predicted octanol–water partition coefficient (Wildman–Crippen LogP) is 1.02. The van der Waals surface area contributed by atoms with Gasteiger partial charge in [0.15, 0.2) is 0 Å². The smallest absolute Gasteiger partial charge is 0.315 e. The highest BCUT2D eigenvalue weighted by molar-refractivity contribution is 5.81. The molecule has 0 amide bonds. The molecule has 100 valence electrons. The molecule has 2 atom stereocenters. The van der Waals surface area contributed by atoms with Gasteiger partial charge in [-0.1, -0.05) is 0 Å². The molecular weight excluding hydrogens is 244 g/mol. The van der Waals surface area contributed by atoms with Crippen LogP contribution in [0.3, 0.4) is 0 Å². The first-order valence-corrected chi connectivity index (χ1v) is 5.40. The molecule has 0 saturated heterocycles. The van der Waals surface area contributed by atoms with Crippen LogP contribution < -0.4 is 5.73 Å². The third kappa shape index (κ3) is 2.83. The van der Waals surface area contributed by atoms with Crippen LogP contribution in [0, 0.1) is 11.6 Å². The highest BCUT2D eigenvalue weighted by Crippen LogP contribution is 2.30. The summed E-state index contributed by atoms with van der Waals surface area (Å²) in [5.74, 6) is -3.08. The zero-order chi connectivity index (χ0) is 13.9. The van der Waals surface area contributed by atoms with Gasteiger partial charge in [0.2, 0.25) is 0 Å². The number of carbonyl (C=O) groups is 1. The molecule has 1 aromatic carbocycles. The van der Waals surface area contributed by atoms with E-state index in [1.807, 2.05) is 0 Å². The van der Waals surface area contributed by atoms with Crippen molar-refractivity contribution in [3.8, 4) is 0 Å². The number of aliphatic hydroxyl groups is 1. The lowest BCUT2D eigenvalue weighted by Crippen LogP contribution is -2.45. The van der Waals surface area contributed by atoms with Crippen LogP contribution in [0.2, 0.25) is 0 Å². The Hall–Kier alpha value is -1.53. The number of halogens is 2. The standard InChI is InChI=1S/C12H15F2NO3/c1-7(16)5-12(6-15,11(17)18)8-2-9(13)4-10(14)3-8/h2-4,7,16H,5-6,15H2,1H3,(H,17,18). The molecular formula is C12H15F2NO3. The Morgan fingerprint density at radius 2 is 1.89 bits per heavy atom. The van der Waals surface area contributed by atoms with Crippen molar-refractivity contribution in [2.24, 2.45) is 5.73 Å². The van der Waals surface area contributed by atoms with Crippen LogP contribution in [-0.4, -0.2) is 28.8 Å². The van der Waals surface area contributed by atoms with E-state index in [9.17, 15) is 23.8 Å². The van der Waals surface area contributed by atoms with E-state index in [1.165, 1.54) is 6.92 Å². The molecule has 0 bridgehead atoms. The van der Waals surface area contributed by atoms with Crippen molar-refractivity contribution >= 4 is 5.97 Å². The lowest BCUT2D eigenvalue weighted by Gasteiger charge is -2.29. The summed E-state index contributed by atoms with van der Waals surface area (Å²) in [4.78, 5) is 11.4. The molecule has 0 aromatic heterocycles. The first-order valence-electron chi connectivity index (χ1n) is 5.40. The van der Waals surface area contributed by atoms with Gasteiger partial charge in [0, 0.05) is 12.6 Å². The molecule has 0 fully saturated rings. The number of carboxylic acids is 1. The summed E-state index contributed by atoms with van der Waals surface area (Å²) in [6, 6.07) is 2.49. The van der Waals surface area contributed by atoms with Gasteiger partial charge < -0.3 is 15.9 Å². The number of aliphatic carboxylic acids is 1. The van der Waals surface area contributed by atoms with Gasteiger partial charge in [-0.2, -0.15) is 0 Å². The Morgan fingerprint density at radius 1 is 1.39 bits per heavy atom. The fraction of sp³-hybridized carbons (Fsp3) is 0.417. The summed E-state index contributed by atoms with van der Waals surface area (Å²) in [7, 11) is 0. The maximum absolute atomic E-state index is 13.2. The number of rotatable bonds is 5. The fourth-order valence-electron chi connectivity index (χ4n) is 1.95. The molecule has 0 aliphatic carbocycles. The third-order valence-corrected chi connectivity index (χ3v) is 2.82. The normalized spacial score (nSPS) is 16.1. The molecule has 6 heteroatoms. The number of hydrogen-bond acceptors (Lipinski definition) is 3. The van der Waals surface area contributed by atoms with Crippen LogP contribution in [0.5, 0.6) is 0 Å². The van der Waals surface area contributed by atoms with Crippen molar-refractivity contribution in [1.29, 1.82) is 0 Å². The van der Waals surface area contributed by atoms with E-state index in [2.05, 4.69) is 0 Å². The number of nitrogens with two attached hydrogens (primary N) is 1. The molecule has 2 unspecified atom stereocenters. The summed E-state index contributed by atoms with van der Waals surface area (Å²) >= 11 is 0. The van der Waals surface area contributed by atoms with Crippen LogP contribution in [0.1, 0.15) is 18.9 Å². The Kier molecular flexibility index (Phi) is 4.37. The quantitative estimate of drug-likeness (QED) is 0.737. The molecule has 1 rings (SSSR count). The maximum Gasteiger partial charge on any atom is 0.315 e. The van der Waals surface area contributed by atoms with Crippen molar-refractivity contribution in [2.45, 2.75) is 24.9 Å². The van der Waals surface area contributed by atoms with Gasteiger partial charge in [0.25, 0.3) is 0 Å². The van der Waals surface area contributed by atoms with Crippen LogP contribution in [0.4, 0.5) is 8.78 Å². The van der Waals surface area contributed by atoms with Crippen LogP contribution in [0.25, 0.3) is 0 Å². The number of carboxylic acid groups (broad SMARTS) is 1. The second-order valence-electron chi connectivity index (χ2n) is 4.30. The Morgan fingerprint density at radius 3 is 2.22 bits per heavy atom. The van der Waals surface area contributed by atoms with Crippen molar-refractivity contribution in [3.63, 3.8) is 0 Å². The highest BCUT2D eigenvalue weighted by atomic mass is 19.1. The van der Waals surface area contributed by atoms with Gasteiger partial charge in [0.05, 0.1) is 6.10 Å². The first-order chi connectivity index (χ1) is 8.31. The second-order valence-corrected chi connectivity index (χ2v) is 4.30. The number of hydrogen-bond donors (Lipinski definition) is 3. The largest absolute Gasteiger partial charge is 0.481 e. The van der Waals surface area contributed by atoms with E-state index in [1.54, 1.807) is 0 Å². The second kappa shape index (κ2) is 5.41. The van der Waals surface area contributed by atoms with Gasteiger partial charge >= 0.3 is 5.97 Å². The number of benzene rings is 1. The molecule has 4 N–H and O–H groups in total. The molecule has 18 heavy (non-hydrogen) atoms. The summed E-state index contributed by atoms with van der Waals surface area (Å²) in [5, 5.41) is 18.6. The molecule has 0 aliphatic rings. The van der Waals surface area contributed by atoms with E-state index in [-0.39, 0.29) is 18.5 Å². The first kappa shape index (κ1) is 14.5. The summed E-state index contributed by atoms with van der Waals surface area (Å²) < 4.78 is 26.3. The predicted molar refractivity (Wildman–Crippen MR) is 61.0 cm³/mol. The average molecular weight is 259 g/mol. The highest BCUT2D eigenvalue weighted by Gasteiger charge is 2.40. The summed E-state index contributed by atoms with van der Waals surface area (Å²) in [6.07, 6.45) is -1.18. The van der Waals surface area contributed by atoms with E-state index in [0.717, 1.165) is 12.1 Å². The van der Waals surface area contributed by atoms with Crippen molar-refractivity contribution in [1.82, 2.24) is 0 Å². The SMILES string of the molecule is CC(O)CC(CN)(C(=O)O)c1cc(F)cc(F)c1. The van der Waals surface area contributed by atoms with Gasteiger partial charge in [0.1, 0.15) is 17.0 Å². The van der Waals surface area contributed by atoms with E-state index < -0.39 is 29.1 Å². The van der Waals surface area contributed by atoms with Gasteiger partial charge in [-0.05, 0) is 31.0 Å². The minimum absolute atomic E-state index is 0.0871. The average Bonchev–Trinajstić information content (AvgIpc) is 2.23. The van der Waals surface area contributed by atoms with Gasteiger partial charge in [-0.15, -0.1) is 0 Å². The molecule has 0 aliphatic heterocycles. The lowest BCUT2D eigenvalue weighted by molar-refractivity contribution is -0.144. The summed E-state index contributed by atoms with van der Waals surface area (Å²) in [5.41, 5.74) is 3.67. The molecule has 0 radical (unpaired) electrons. The molecule has 0 heterocycles. The topological polar surface area (TPSA) is 83.5 Å². The minimum atomic E-state index is -1.70. The van der Waals surface area contributed by atoms with E-state index in [4.69, 9.17) is 5.73 Å². The van der Waals surface area contributed by atoms with Gasteiger partial charge in [-0.25, -0.2) is 8.78 Å². The summed E-state index contributed by atoms with van der Waals surface area (Å²) in [6.45, 7) is 1.03. The monoisotopic (exact) mass is 259 g/mol. The Labute approximate surface area is 103 Å². The van der Waals surface area contributed by atoms with Crippen molar-refractivity contribution in [2.75, 3.05) is 6.54 Å². The lowest BCUT2D eigenvalue weighted by atomic mass is 9.76. The third-order valence-electron chi connectivity index (χ3n) is 2.82. The minimum Gasteiger partial charge on any atom is -0.481 e. The molecule has 0 spiro atoms. The molecule has 4 nitrogen and oxygen atoms in total. The Bertz CT molecular complexity index is 431. The van der Waals surface area contributed by atoms with Crippen LogP contribution >= 0.6 is 0 Å². The zero-order valence-corrected chi connectivity index (χ0v) is 9.86. The van der Waals surface area contributed by atoms with Crippen molar-refractivity contribution < 1.29 is 23.8 Å². The van der Waals surface area contributed by atoms with E-state index >= 15 is 0 Å². The molecule has 1 aromatic rings.